The maximum absolute atomic E-state index is 13.1. The molecule has 2 N–H and O–H groups in total. The van der Waals surface area contributed by atoms with E-state index in [4.69, 9.17) is 4.74 Å². The zero-order chi connectivity index (χ0) is 20.3. The van der Waals surface area contributed by atoms with E-state index < -0.39 is 35.4 Å². The van der Waals surface area contributed by atoms with E-state index in [2.05, 4.69) is 10.6 Å². The summed E-state index contributed by atoms with van der Waals surface area (Å²) in [4.78, 5) is 49.7. The average Bonchev–Trinajstić information content (AvgIpc) is 3.19. The summed E-state index contributed by atoms with van der Waals surface area (Å²) < 4.78 is 18.2. The van der Waals surface area contributed by atoms with Gasteiger partial charge >= 0.3 is 12.0 Å². The molecular formula is C19H22FN3O5. The number of rotatable bonds is 6. The lowest BCUT2D eigenvalue weighted by Gasteiger charge is -2.20. The summed E-state index contributed by atoms with van der Waals surface area (Å²) in [6.45, 7) is 1.28. The number of hydrogen-bond donors (Lipinski definition) is 2. The van der Waals surface area contributed by atoms with Crippen LogP contribution in [0.15, 0.2) is 24.3 Å². The van der Waals surface area contributed by atoms with Gasteiger partial charge in [0.15, 0.2) is 6.10 Å². The number of ether oxygens (including phenoxy) is 1. The summed E-state index contributed by atoms with van der Waals surface area (Å²) in [7, 11) is 0. The number of anilines is 1. The normalized spacial score (nSPS) is 18.9. The number of carbonyl (C=O) groups excluding carboxylic acids is 4. The van der Waals surface area contributed by atoms with Crippen molar-refractivity contribution in [1.82, 2.24) is 10.2 Å². The molecule has 1 heterocycles. The van der Waals surface area contributed by atoms with Gasteiger partial charge in [-0.2, -0.15) is 0 Å². The zero-order valence-corrected chi connectivity index (χ0v) is 15.5. The van der Waals surface area contributed by atoms with Crippen LogP contribution in [0.4, 0.5) is 14.9 Å². The van der Waals surface area contributed by atoms with Gasteiger partial charge in [0.05, 0.1) is 6.42 Å². The Labute approximate surface area is 161 Å². The minimum atomic E-state index is -1.11. The van der Waals surface area contributed by atoms with E-state index in [1.807, 2.05) is 0 Å². The van der Waals surface area contributed by atoms with Gasteiger partial charge in [-0.25, -0.2) is 9.18 Å². The van der Waals surface area contributed by atoms with Gasteiger partial charge < -0.3 is 15.4 Å². The maximum atomic E-state index is 13.1. The van der Waals surface area contributed by atoms with E-state index in [0.717, 1.165) is 23.8 Å². The van der Waals surface area contributed by atoms with Crippen molar-refractivity contribution in [1.29, 1.82) is 0 Å². The quantitative estimate of drug-likeness (QED) is 0.570. The monoisotopic (exact) mass is 391 g/mol. The summed E-state index contributed by atoms with van der Waals surface area (Å²) in [5.41, 5.74) is -0.576. The number of benzene rings is 1. The Bertz CT molecular complexity index is 807. The Hall–Kier alpha value is -2.97. The predicted octanol–water partition coefficient (Wildman–Crippen LogP) is 1.95. The molecular weight excluding hydrogens is 369 g/mol. The van der Waals surface area contributed by atoms with Crippen LogP contribution in [0.25, 0.3) is 0 Å². The maximum Gasteiger partial charge on any atom is 0.325 e. The number of halogens is 1. The van der Waals surface area contributed by atoms with Crippen molar-refractivity contribution >= 4 is 29.5 Å². The second-order valence-electron chi connectivity index (χ2n) is 7.06. The fourth-order valence-electron chi connectivity index (χ4n) is 3.52. The van der Waals surface area contributed by atoms with Crippen molar-refractivity contribution < 1.29 is 28.3 Å². The summed E-state index contributed by atoms with van der Waals surface area (Å²) in [5.74, 6) is -2.13. The Kier molecular flexibility index (Phi) is 5.62. The molecule has 0 unspecified atom stereocenters. The van der Waals surface area contributed by atoms with Crippen molar-refractivity contribution in [3.63, 3.8) is 0 Å². The number of imide groups is 1. The Morgan fingerprint density at radius 1 is 1.32 bits per heavy atom. The summed E-state index contributed by atoms with van der Waals surface area (Å²) in [5, 5.41) is 5.18. The molecule has 1 saturated heterocycles. The summed E-state index contributed by atoms with van der Waals surface area (Å²) in [6.07, 6.45) is 1.64. The van der Waals surface area contributed by atoms with E-state index in [-0.39, 0.29) is 24.6 Å². The fourth-order valence-corrected chi connectivity index (χ4v) is 3.52. The first-order chi connectivity index (χ1) is 13.3. The van der Waals surface area contributed by atoms with Gasteiger partial charge in [0.25, 0.3) is 11.8 Å². The Morgan fingerprint density at radius 2 is 2.04 bits per heavy atom. The molecule has 1 saturated carbocycles. The van der Waals surface area contributed by atoms with E-state index >= 15 is 0 Å². The first kappa shape index (κ1) is 19.8. The molecule has 1 atom stereocenters. The Morgan fingerprint density at radius 3 is 2.71 bits per heavy atom. The van der Waals surface area contributed by atoms with E-state index in [9.17, 15) is 23.6 Å². The van der Waals surface area contributed by atoms with Gasteiger partial charge in [0.1, 0.15) is 11.4 Å². The lowest BCUT2D eigenvalue weighted by atomic mass is 9.98. The van der Waals surface area contributed by atoms with Gasteiger partial charge in [0, 0.05) is 12.2 Å². The van der Waals surface area contributed by atoms with E-state index in [1.165, 1.54) is 25.1 Å². The molecule has 28 heavy (non-hydrogen) atoms. The molecule has 4 amide bonds. The summed E-state index contributed by atoms with van der Waals surface area (Å²) in [6, 6.07) is 4.83. The smallest absolute Gasteiger partial charge is 0.325 e. The lowest BCUT2D eigenvalue weighted by molar-refractivity contribution is -0.153. The largest absolute Gasteiger partial charge is 0.452 e. The molecule has 1 aliphatic carbocycles. The second-order valence-corrected chi connectivity index (χ2v) is 7.06. The number of amides is 4. The van der Waals surface area contributed by atoms with Crippen molar-refractivity contribution in [2.75, 3.05) is 11.9 Å². The number of nitrogens with one attached hydrogen (secondary N) is 2. The SMILES string of the molecule is C[C@@H](OC(=O)CCN1C(=O)NC2(CCCC2)C1=O)C(=O)Nc1cccc(F)c1. The standard InChI is InChI=1S/C19H22FN3O5/c1-12(16(25)21-14-6-4-5-13(20)11-14)28-15(24)7-10-23-17(26)19(22-18(23)27)8-2-3-9-19/h4-6,11-12H,2-3,7-10H2,1H3,(H,21,25)(H,22,27)/t12-/m1/s1. The van der Waals surface area contributed by atoms with Crippen LogP contribution in [-0.2, 0) is 19.1 Å². The number of nitrogens with zero attached hydrogens (tertiary/aromatic N) is 1. The van der Waals surface area contributed by atoms with Crippen LogP contribution >= 0.6 is 0 Å². The number of carbonyl (C=O) groups is 4. The molecule has 1 aromatic carbocycles. The van der Waals surface area contributed by atoms with Crippen LogP contribution in [0.5, 0.6) is 0 Å². The third kappa shape index (κ3) is 4.13. The second kappa shape index (κ2) is 7.95. The van der Waals surface area contributed by atoms with Crippen molar-refractivity contribution in [3.8, 4) is 0 Å². The lowest BCUT2D eigenvalue weighted by Crippen LogP contribution is -2.44. The van der Waals surface area contributed by atoms with Gasteiger partial charge in [-0.1, -0.05) is 18.9 Å². The van der Waals surface area contributed by atoms with Crippen LogP contribution in [0.3, 0.4) is 0 Å². The average molecular weight is 391 g/mol. The van der Waals surface area contributed by atoms with Crippen LogP contribution in [0, 0.1) is 5.82 Å². The molecule has 2 aliphatic rings. The van der Waals surface area contributed by atoms with Crippen molar-refractivity contribution in [2.45, 2.75) is 50.7 Å². The number of urea groups is 1. The van der Waals surface area contributed by atoms with Gasteiger partial charge in [-0.15, -0.1) is 0 Å². The molecule has 2 fully saturated rings. The highest BCUT2D eigenvalue weighted by Gasteiger charge is 2.52. The first-order valence-corrected chi connectivity index (χ1v) is 9.21. The van der Waals surface area contributed by atoms with Crippen molar-refractivity contribution in [2.24, 2.45) is 0 Å². The van der Waals surface area contributed by atoms with Crippen LogP contribution in [0.1, 0.15) is 39.0 Å². The highest BCUT2D eigenvalue weighted by molar-refractivity contribution is 6.07. The van der Waals surface area contributed by atoms with E-state index in [0.29, 0.717) is 12.8 Å². The van der Waals surface area contributed by atoms with E-state index in [1.54, 1.807) is 0 Å². The molecule has 0 radical (unpaired) electrons. The molecule has 3 rings (SSSR count). The topological polar surface area (TPSA) is 105 Å². The molecule has 9 heteroatoms. The minimum absolute atomic E-state index is 0.108. The minimum Gasteiger partial charge on any atom is -0.452 e. The van der Waals surface area contributed by atoms with Crippen LogP contribution < -0.4 is 10.6 Å². The molecule has 0 aromatic heterocycles. The van der Waals surface area contributed by atoms with Crippen LogP contribution in [-0.4, -0.2) is 46.9 Å². The highest BCUT2D eigenvalue weighted by atomic mass is 19.1. The highest BCUT2D eigenvalue weighted by Crippen LogP contribution is 2.35. The molecule has 8 nitrogen and oxygen atoms in total. The molecule has 150 valence electrons. The fraction of sp³-hybridized carbons (Fsp3) is 0.474. The van der Waals surface area contributed by atoms with Crippen LogP contribution in [0.2, 0.25) is 0 Å². The number of hydrogen-bond acceptors (Lipinski definition) is 5. The van der Waals surface area contributed by atoms with Crippen molar-refractivity contribution in [3.05, 3.63) is 30.1 Å². The molecule has 1 aromatic rings. The molecule has 1 spiro atoms. The third-order valence-electron chi connectivity index (χ3n) is 5.01. The molecule has 0 bridgehead atoms. The van der Waals surface area contributed by atoms with Gasteiger partial charge in [-0.05, 0) is 38.0 Å². The van der Waals surface area contributed by atoms with Gasteiger partial charge in [-0.3, -0.25) is 19.3 Å². The third-order valence-corrected chi connectivity index (χ3v) is 5.01. The molecule has 1 aliphatic heterocycles. The Balaban J connectivity index is 1.48. The zero-order valence-electron chi connectivity index (χ0n) is 15.5. The number of esters is 1. The predicted molar refractivity (Wildman–Crippen MR) is 96.6 cm³/mol. The summed E-state index contributed by atoms with van der Waals surface area (Å²) >= 11 is 0. The van der Waals surface area contributed by atoms with Gasteiger partial charge in [0.2, 0.25) is 0 Å². The first-order valence-electron chi connectivity index (χ1n) is 9.21.